The van der Waals surface area contributed by atoms with E-state index >= 15 is 0 Å². The number of hydrogen-bond acceptors (Lipinski definition) is 5. The van der Waals surface area contributed by atoms with Crippen molar-refractivity contribution in [2.45, 2.75) is 43.4 Å². The van der Waals surface area contributed by atoms with Crippen molar-refractivity contribution in [2.24, 2.45) is 0 Å². The molecule has 0 N–H and O–H groups in total. The lowest BCUT2D eigenvalue weighted by molar-refractivity contribution is -0.480. The highest BCUT2D eigenvalue weighted by Crippen LogP contribution is 2.42. The minimum atomic E-state index is -2.43. The van der Waals surface area contributed by atoms with Crippen LogP contribution in [0.25, 0.3) is 0 Å². The van der Waals surface area contributed by atoms with E-state index in [1.807, 2.05) is 0 Å². The third kappa shape index (κ3) is 2.90. The molecule has 1 unspecified atom stereocenters. The first-order valence-electron chi connectivity index (χ1n) is 6.33. The van der Waals surface area contributed by atoms with Crippen molar-refractivity contribution < 1.29 is 18.5 Å². The van der Waals surface area contributed by atoms with Crippen LogP contribution in [0.5, 0.6) is 0 Å². The van der Waals surface area contributed by atoms with Gasteiger partial charge in [-0.3, -0.25) is 10.1 Å². The Morgan fingerprint density at radius 2 is 1.94 bits per heavy atom. The maximum absolute atomic E-state index is 10.4. The number of nitrogens with zero attached hydrogens (tertiary/aromatic N) is 1. The Labute approximate surface area is 109 Å². The summed E-state index contributed by atoms with van der Waals surface area (Å²) in [5.74, 6) is 0. The minimum absolute atomic E-state index is 0.0248. The summed E-state index contributed by atoms with van der Waals surface area (Å²) in [6.45, 7) is -0.0248. The molecule has 0 aromatic carbocycles. The largest absolute Gasteiger partial charge is 0.396 e. The number of hydrogen-bond donors (Lipinski definition) is 0. The predicted octanol–water partition coefficient (Wildman–Crippen LogP) is 1.89. The molecule has 1 heterocycles. The zero-order valence-electron chi connectivity index (χ0n) is 11.4. The summed E-state index contributed by atoms with van der Waals surface area (Å²) in [7, 11) is 2.57. The van der Waals surface area contributed by atoms with Gasteiger partial charge in [-0.05, 0) is 18.9 Å². The summed E-state index contributed by atoms with van der Waals surface area (Å²) in [4.78, 5) is 10.2. The molecule has 7 heteroatoms. The van der Waals surface area contributed by atoms with Gasteiger partial charge in [0.05, 0.1) is 0 Å². The predicted molar refractivity (Wildman–Crippen MR) is 69.3 cm³/mol. The summed E-state index contributed by atoms with van der Waals surface area (Å²) in [6.07, 6.45) is 4.15. The maximum Gasteiger partial charge on any atom is 0.370 e. The maximum atomic E-state index is 10.4. The molecule has 1 saturated heterocycles. The van der Waals surface area contributed by atoms with Crippen molar-refractivity contribution in [1.82, 2.24) is 0 Å². The molecule has 0 aromatic heterocycles. The van der Waals surface area contributed by atoms with E-state index in [4.69, 9.17) is 13.6 Å². The molecular weight excluding hydrogens is 254 g/mol. The van der Waals surface area contributed by atoms with Gasteiger partial charge in [-0.1, -0.05) is 12.8 Å². The van der Waals surface area contributed by atoms with Crippen LogP contribution in [0.15, 0.2) is 0 Å². The van der Waals surface area contributed by atoms with Crippen molar-refractivity contribution >= 4 is 8.56 Å². The molecule has 0 aromatic rings. The summed E-state index contributed by atoms with van der Waals surface area (Å²) < 4.78 is 17.2. The van der Waals surface area contributed by atoms with Crippen LogP contribution in [-0.4, -0.2) is 46.6 Å². The molecule has 0 bridgehead atoms. The van der Waals surface area contributed by atoms with Crippen molar-refractivity contribution in [3.63, 3.8) is 0 Å². The quantitative estimate of drug-likeness (QED) is 0.404. The minimum Gasteiger partial charge on any atom is -0.396 e. The summed E-state index contributed by atoms with van der Waals surface area (Å²) in [5, 5.41) is 10.0. The van der Waals surface area contributed by atoms with Crippen LogP contribution in [0.1, 0.15) is 32.1 Å². The molecule has 0 spiro atoms. The molecule has 6 nitrogen and oxygen atoms in total. The van der Waals surface area contributed by atoms with E-state index in [0.29, 0.717) is 12.8 Å². The van der Waals surface area contributed by atoms with E-state index in [9.17, 15) is 10.1 Å². The second kappa shape index (κ2) is 6.60. The van der Waals surface area contributed by atoms with E-state index in [2.05, 4.69) is 0 Å². The van der Waals surface area contributed by atoms with Crippen LogP contribution >= 0.6 is 0 Å². The van der Waals surface area contributed by atoms with Gasteiger partial charge in [0, 0.05) is 32.7 Å². The lowest BCUT2D eigenvalue weighted by atomic mass is 10.1. The van der Waals surface area contributed by atoms with Crippen molar-refractivity contribution in [3.05, 3.63) is 10.1 Å². The van der Waals surface area contributed by atoms with Gasteiger partial charge in [0.1, 0.15) is 5.22 Å². The van der Waals surface area contributed by atoms with Crippen molar-refractivity contribution in [3.8, 4) is 0 Å². The van der Waals surface area contributed by atoms with Crippen molar-refractivity contribution in [2.75, 3.05) is 27.9 Å². The average molecular weight is 277 g/mol. The molecule has 0 amide bonds. The molecule has 1 atom stereocenters. The first kappa shape index (κ1) is 15.6. The van der Waals surface area contributed by atoms with E-state index in [1.165, 1.54) is 0 Å². The first-order valence-corrected chi connectivity index (χ1v) is 8.35. The third-order valence-corrected chi connectivity index (χ3v) is 8.43. The van der Waals surface area contributed by atoms with Crippen LogP contribution < -0.4 is 0 Å². The van der Waals surface area contributed by atoms with Crippen LogP contribution in [0, 0.1) is 10.1 Å². The zero-order valence-corrected chi connectivity index (χ0v) is 12.4. The smallest absolute Gasteiger partial charge is 0.370 e. The Hall–Kier alpha value is -0.503. The second-order valence-electron chi connectivity index (χ2n) is 4.73. The lowest BCUT2D eigenvalue weighted by Gasteiger charge is -2.47. The highest BCUT2D eigenvalue weighted by molar-refractivity contribution is 6.70. The fourth-order valence-corrected chi connectivity index (χ4v) is 6.93. The summed E-state index contributed by atoms with van der Waals surface area (Å²) in [5.41, 5.74) is 0. The normalized spacial score (nSPS) is 27.1. The number of methoxy groups -OCH3 is 1. The van der Waals surface area contributed by atoms with Crippen LogP contribution in [-0.2, 0) is 13.6 Å². The molecule has 0 aliphatic carbocycles. The third-order valence-electron chi connectivity index (χ3n) is 4.00. The van der Waals surface area contributed by atoms with Gasteiger partial charge in [0.2, 0.25) is 6.54 Å². The SMILES string of the molecule is COC1(CCC[N+](=O)[O-])CCCC[Si]1(OC)OC. The van der Waals surface area contributed by atoms with Gasteiger partial charge in [-0.15, -0.1) is 0 Å². The molecule has 1 aliphatic heterocycles. The van der Waals surface area contributed by atoms with E-state index < -0.39 is 13.8 Å². The number of rotatable bonds is 7. The second-order valence-corrected chi connectivity index (χ2v) is 8.46. The molecule has 106 valence electrons. The lowest BCUT2D eigenvalue weighted by Crippen LogP contribution is -2.64. The zero-order chi connectivity index (χ0) is 13.6. The molecular formula is C11H23NO5Si. The standard InChI is InChI=1S/C11H23NO5Si/c1-15-11(8-6-9-12(13)14)7-4-5-10-18(11,16-2)17-3/h4-10H2,1-3H3. The van der Waals surface area contributed by atoms with Crippen molar-refractivity contribution in [1.29, 1.82) is 0 Å². The molecule has 1 fully saturated rings. The molecule has 0 saturated carbocycles. The Bertz CT molecular complexity index is 285. The Morgan fingerprint density at radius 1 is 1.28 bits per heavy atom. The van der Waals surface area contributed by atoms with Gasteiger partial charge in [0.25, 0.3) is 0 Å². The van der Waals surface area contributed by atoms with Crippen LogP contribution in [0.3, 0.4) is 0 Å². The Balaban J connectivity index is 2.82. The molecule has 18 heavy (non-hydrogen) atoms. The average Bonchev–Trinajstić information content (AvgIpc) is 2.38. The highest BCUT2D eigenvalue weighted by Gasteiger charge is 2.58. The molecule has 1 rings (SSSR count). The molecule has 1 aliphatic rings. The van der Waals surface area contributed by atoms with Gasteiger partial charge >= 0.3 is 8.56 Å². The monoisotopic (exact) mass is 277 g/mol. The van der Waals surface area contributed by atoms with E-state index in [1.54, 1.807) is 21.3 Å². The van der Waals surface area contributed by atoms with Crippen LogP contribution in [0.4, 0.5) is 0 Å². The molecule has 0 radical (unpaired) electrons. The van der Waals surface area contributed by atoms with Crippen LogP contribution in [0.2, 0.25) is 6.04 Å². The van der Waals surface area contributed by atoms with E-state index in [0.717, 1.165) is 25.3 Å². The Kier molecular flexibility index (Phi) is 5.70. The first-order chi connectivity index (χ1) is 8.56. The topological polar surface area (TPSA) is 70.8 Å². The van der Waals surface area contributed by atoms with Gasteiger partial charge < -0.3 is 13.6 Å². The number of ether oxygens (including phenoxy) is 1. The number of nitro groups is 1. The highest BCUT2D eigenvalue weighted by atomic mass is 28.4. The summed E-state index contributed by atoms with van der Waals surface area (Å²) in [6, 6.07) is 0.895. The van der Waals surface area contributed by atoms with Gasteiger partial charge in [-0.2, -0.15) is 0 Å². The van der Waals surface area contributed by atoms with E-state index in [-0.39, 0.29) is 11.5 Å². The Morgan fingerprint density at radius 3 is 2.44 bits per heavy atom. The van der Waals surface area contributed by atoms with Gasteiger partial charge in [-0.25, -0.2) is 0 Å². The van der Waals surface area contributed by atoms with Gasteiger partial charge in [0.15, 0.2) is 0 Å². The summed E-state index contributed by atoms with van der Waals surface area (Å²) >= 11 is 0. The fraction of sp³-hybridized carbons (Fsp3) is 1.00. The fourth-order valence-electron chi connectivity index (χ4n) is 3.01.